The van der Waals surface area contributed by atoms with Crippen LogP contribution >= 0.6 is 0 Å². The van der Waals surface area contributed by atoms with Gasteiger partial charge in [0, 0.05) is 38.1 Å². The maximum Gasteiger partial charge on any atom is 0.0945 e. The minimum Gasteiger partial charge on any atom is -0.337 e. The van der Waals surface area contributed by atoms with Crippen molar-refractivity contribution in [1.29, 1.82) is 0 Å². The zero-order valence-electron chi connectivity index (χ0n) is 12.2. The van der Waals surface area contributed by atoms with Gasteiger partial charge in [-0.25, -0.2) is 4.98 Å². The summed E-state index contributed by atoms with van der Waals surface area (Å²) in [7, 11) is 0. The van der Waals surface area contributed by atoms with E-state index in [1.807, 2.05) is 18.7 Å². The summed E-state index contributed by atoms with van der Waals surface area (Å²) >= 11 is 0. The van der Waals surface area contributed by atoms with Gasteiger partial charge in [0.15, 0.2) is 0 Å². The lowest BCUT2D eigenvalue weighted by Crippen LogP contribution is -2.28. The molecule has 106 valence electrons. The zero-order chi connectivity index (χ0) is 13.8. The van der Waals surface area contributed by atoms with E-state index in [1.54, 1.807) is 0 Å². The molecule has 2 heterocycles. The summed E-state index contributed by atoms with van der Waals surface area (Å²) in [5.74, 6) is 0.708. The summed E-state index contributed by atoms with van der Waals surface area (Å²) in [5, 5.41) is 0. The van der Waals surface area contributed by atoms with E-state index in [0.29, 0.717) is 12.0 Å². The van der Waals surface area contributed by atoms with Gasteiger partial charge >= 0.3 is 0 Å². The molecule has 1 aliphatic heterocycles. The number of aromatic nitrogens is 2. The van der Waals surface area contributed by atoms with Gasteiger partial charge in [0.25, 0.3) is 0 Å². The standard InChI is InChI=1S/C17H23N3/c1-15-12-17(16-6-3-2-4-7-16)13-20(15)10-5-9-19-11-8-18-14-19/h2-4,6-8,11,14-15,17H,5,9-10,12-13H2,1H3/t15-,17-/m0/s1. The van der Waals surface area contributed by atoms with Crippen LogP contribution in [0.1, 0.15) is 31.2 Å². The number of aryl methyl sites for hydroxylation is 1. The van der Waals surface area contributed by atoms with E-state index in [0.717, 1.165) is 6.54 Å². The molecule has 3 nitrogen and oxygen atoms in total. The highest BCUT2D eigenvalue weighted by molar-refractivity contribution is 5.21. The second-order valence-corrected chi connectivity index (χ2v) is 5.84. The van der Waals surface area contributed by atoms with E-state index in [-0.39, 0.29) is 0 Å². The summed E-state index contributed by atoms with van der Waals surface area (Å²) in [4.78, 5) is 6.72. The minimum atomic E-state index is 0.697. The molecule has 1 aromatic heterocycles. The molecular weight excluding hydrogens is 246 g/mol. The van der Waals surface area contributed by atoms with E-state index in [9.17, 15) is 0 Å². The molecule has 0 amide bonds. The lowest BCUT2D eigenvalue weighted by Gasteiger charge is -2.20. The number of hydrogen-bond donors (Lipinski definition) is 0. The molecule has 1 aliphatic rings. The Morgan fingerprint density at radius 2 is 2.05 bits per heavy atom. The predicted octanol–water partition coefficient (Wildman–Crippen LogP) is 3.15. The van der Waals surface area contributed by atoms with Crippen molar-refractivity contribution < 1.29 is 0 Å². The third kappa shape index (κ3) is 3.10. The van der Waals surface area contributed by atoms with Gasteiger partial charge in [-0.3, -0.25) is 4.90 Å². The van der Waals surface area contributed by atoms with Gasteiger partial charge in [0.05, 0.1) is 6.33 Å². The Morgan fingerprint density at radius 3 is 2.80 bits per heavy atom. The zero-order valence-corrected chi connectivity index (χ0v) is 12.2. The average molecular weight is 269 g/mol. The Labute approximate surface area is 121 Å². The maximum atomic E-state index is 4.09. The highest BCUT2D eigenvalue weighted by Crippen LogP contribution is 2.31. The molecule has 0 saturated carbocycles. The topological polar surface area (TPSA) is 21.1 Å². The lowest BCUT2D eigenvalue weighted by molar-refractivity contribution is 0.259. The van der Waals surface area contributed by atoms with Gasteiger partial charge in [-0.1, -0.05) is 30.3 Å². The summed E-state index contributed by atoms with van der Waals surface area (Å²) in [6.07, 6.45) is 8.28. The van der Waals surface area contributed by atoms with Gasteiger partial charge in [-0.05, 0) is 31.2 Å². The molecule has 1 saturated heterocycles. The Balaban J connectivity index is 1.51. The van der Waals surface area contributed by atoms with Crippen LogP contribution in [0.4, 0.5) is 0 Å². The van der Waals surface area contributed by atoms with Gasteiger partial charge in [0.2, 0.25) is 0 Å². The average Bonchev–Trinajstić information content (AvgIpc) is 3.11. The molecule has 3 rings (SSSR count). The van der Waals surface area contributed by atoms with Crippen molar-refractivity contribution in [2.75, 3.05) is 13.1 Å². The quantitative estimate of drug-likeness (QED) is 0.831. The fraction of sp³-hybridized carbons (Fsp3) is 0.471. The predicted molar refractivity (Wildman–Crippen MR) is 81.7 cm³/mol. The van der Waals surface area contributed by atoms with Crippen LogP contribution in [0, 0.1) is 0 Å². The van der Waals surface area contributed by atoms with Gasteiger partial charge in [0.1, 0.15) is 0 Å². The highest BCUT2D eigenvalue weighted by Gasteiger charge is 2.29. The molecule has 1 fully saturated rings. The molecule has 2 atom stereocenters. The molecule has 0 N–H and O–H groups in total. The van der Waals surface area contributed by atoms with Crippen LogP contribution < -0.4 is 0 Å². The Kier molecular flexibility index (Phi) is 4.16. The van der Waals surface area contributed by atoms with Gasteiger partial charge in [-0.15, -0.1) is 0 Å². The fourth-order valence-electron chi connectivity index (χ4n) is 3.25. The molecule has 0 aliphatic carbocycles. The van der Waals surface area contributed by atoms with Crippen LogP contribution in [0.3, 0.4) is 0 Å². The number of likely N-dealkylation sites (tertiary alicyclic amines) is 1. The number of rotatable bonds is 5. The highest BCUT2D eigenvalue weighted by atomic mass is 15.2. The molecule has 0 bridgehead atoms. The first-order valence-corrected chi connectivity index (χ1v) is 7.57. The Bertz CT molecular complexity index is 506. The van der Waals surface area contributed by atoms with Crippen molar-refractivity contribution in [2.45, 2.75) is 38.3 Å². The molecule has 0 radical (unpaired) electrons. The van der Waals surface area contributed by atoms with E-state index >= 15 is 0 Å². The van der Waals surface area contributed by atoms with Crippen molar-refractivity contribution in [3.63, 3.8) is 0 Å². The van der Waals surface area contributed by atoms with Crippen molar-refractivity contribution in [3.05, 3.63) is 54.6 Å². The second kappa shape index (κ2) is 6.23. The Hall–Kier alpha value is -1.61. The van der Waals surface area contributed by atoms with Crippen LogP contribution in [-0.2, 0) is 6.54 Å². The smallest absolute Gasteiger partial charge is 0.0945 e. The van der Waals surface area contributed by atoms with E-state index in [4.69, 9.17) is 0 Å². The molecular formula is C17H23N3. The molecule has 0 unspecified atom stereocenters. The summed E-state index contributed by atoms with van der Waals surface area (Å²) in [6, 6.07) is 11.6. The normalized spacial score (nSPS) is 23.2. The first kappa shape index (κ1) is 13.4. The minimum absolute atomic E-state index is 0.697. The second-order valence-electron chi connectivity index (χ2n) is 5.84. The summed E-state index contributed by atoms with van der Waals surface area (Å²) in [5.41, 5.74) is 1.50. The third-order valence-corrected chi connectivity index (χ3v) is 4.40. The summed E-state index contributed by atoms with van der Waals surface area (Å²) in [6.45, 7) is 5.82. The van der Waals surface area contributed by atoms with E-state index in [1.165, 1.54) is 31.5 Å². The van der Waals surface area contributed by atoms with Gasteiger partial charge in [-0.2, -0.15) is 0 Å². The first-order valence-electron chi connectivity index (χ1n) is 7.57. The van der Waals surface area contributed by atoms with Crippen LogP contribution in [0.15, 0.2) is 49.1 Å². The van der Waals surface area contributed by atoms with Crippen LogP contribution in [-0.4, -0.2) is 33.6 Å². The number of imidazole rings is 1. The van der Waals surface area contributed by atoms with Crippen molar-refractivity contribution in [2.24, 2.45) is 0 Å². The lowest BCUT2D eigenvalue weighted by atomic mass is 9.97. The number of nitrogens with zero attached hydrogens (tertiary/aromatic N) is 3. The van der Waals surface area contributed by atoms with Gasteiger partial charge < -0.3 is 4.57 Å². The number of benzene rings is 1. The SMILES string of the molecule is C[C@H]1C[C@H](c2ccccc2)CN1CCCn1ccnc1. The van der Waals surface area contributed by atoms with E-state index < -0.39 is 0 Å². The van der Waals surface area contributed by atoms with Crippen LogP contribution in [0.2, 0.25) is 0 Å². The molecule has 20 heavy (non-hydrogen) atoms. The van der Waals surface area contributed by atoms with Crippen LogP contribution in [0.25, 0.3) is 0 Å². The van der Waals surface area contributed by atoms with Crippen LogP contribution in [0.5, 0.6) is 0 Å². The fourth-order valence-corrected chi connectivity index (χ4v) is 3.25. The maximum absolute atomic E-state index is 4.09. The molecule has 1 aromatic carbocycles. The molecule has 0 spiro atoms. The van der Waals surface area contributed by atoms with Crippen molar-refractivity contribution in [1.82, 2.24) is 14.5 Å². The van der Waals surface area contributed by atoms with E-state index in [2.05, 4.69) is 51.7 Å². The third-order valence-electron chi connectivity index (χ3n) is 4.40. The monoisotopic (exact) mass is 269 g/mol. The molecule has 3 heteroatoms. The molecule has 2 aromatic rings. The largest absolute Gasteiger partial charge is 0.337 e. The first-order chi connectivity index (χ1) is 9.83. The van der Waals surface area contributed by atoms with Crippen molar-refractivity contribution in [3.8, 4) is 0 Å². The number of hydrogen-bond acceptors (Lipinski definition) is 2. The Morgan fingerprint density at radius 1 is 1.20 bits per heavy atom. The summed E-state index contributed by atoms with van der Waals surface area (Å²) < 4.78 is 2.16. The van der Waals surface area contributed by atoms with Crippen molar-refractivity contribution >= 4 is 0 Å².